The predicted octanol–water partition coefficient (Wildman–Crippen LogP) is 4.32. The summed E-state index contributed by atoms with van der Waals surface area (Å²) in [4.78, 5) is 26.9. The maximum absolute atomic E-state index is 12.6. The summed E-state index contributed by atoms with van der Waals surface area (Å²) in [5, 5.41) is 2.99. The zero-order valence-corrected chi connectivity index (χ0v) is 15.5. The van der Waals surface area contributed by atoms with Gasteiger partial charge in [-0.15, -0.1) is 0 Å². The molecular weight excluding hydrogens is 312 g/mol. The van der Waals surface area contributed by atoms with Gasteiger partial charge >= 0.3 is 0 Å². The Morgan fingerprint density at radius 3 is 2.52 bits per heavy atom. The number of carbonyl (C=O) groups is 2. The lowest BCUT2D eigenvalue weighted by Gasteiger charge is -2.31. The van der Waals surface area contributed by atoms with Crippen molar-refractivity contribution in [3.63, 3.8) is 0 Å². The van der Waals surface area contributed by atoms with Crippen LogP contribution in [0.4, 0.5) is 5.69 Å². The van der Waals surface area contributed by atoms with Crippen molar-refractivity contribution in [2.75, 3.05) is 11.9 Å². The molecular formula is C21H30N2O2. The van der Waals surface area contributed by atoms with Crippen LogP contribution in [0.2, 0.25) is 0 Å². The molecule has 1 aromatic carbocycles. The summed E-state index contributed by atoms with van der Waals surface area (Å²) in [7, 11) is 0. The third-order valence-corrected chi connectivity index (χ3v) is 5.90. The predicted molar refractivity (Wildman–Crippen MR) is 100 cm³/mol. The standard InChI is InChI=1S/C21H30N2O2/c1-3-15(2)16-9-11-18(12-10-16)22-21(25)17-13-20(24)23(14-17)19-7-5-4-6-8-19/h9-12,15,17,19H,3-8,13-14H2,1-2H3,(H,22,25)/t15-,17-/m0/s1. The molecule has 1 aromatic rings. The van der Waals surface area contributed by atoms with Crippen LogP contribution in [0, 0.1) is 5.92 Å². The molecule has 1 aliphatic heterocycles. The first kappa shape index (κ1) is 18.0. The van der Waals surface area contributed by atoms with Crippen molar-refractivity contribution >= 4 is 17.5 Å². The maximum atomic E-state index is 12.6. The van der Waals surface area contributed by atoms with Crippen LogP contribution in [0.3, 0.4) is 0 Å². The summed E-state index contributed by atoms with van der Waals surface area (Å²) in [6.45, 7) is 4.97. The van der Waals surface area contributed by atoms with Crippen molar-refractivity contribution in [2.45, 2.75) is 70.8 Å². The number of rotatable bonds is 5. The summed E-state index contributed by atoms with van der Waals surface area (Å²) >= 11 is 0. The maximum Gasteiger partial charge on any atom is 0.229 e. The van der Waals surface area contributed by atoms with Crippen molar-refractivity contribution in [2.24, 2.45) is 5.92 Å². The molecule has 1 saturated heterocycles. The van der Waals surface area contributed by atoms with Crippen LogP contribution >= 0.6 is 0 Å². The van der Waals surface area contributed by atoms with Gasteiger partial charge in [-0.25, -0.2) is 0 Å². The van der Waals surface area contributed by atoms with E-state index < -0.39 is 0 Å². The van der Waals surface area contributed by atoms with Crippen molar-refractivity contribution in [3.05, 3.63) is 29.8 Å². The number of anilines is 1. The number of hydrogen-bond acceptors (Lipinski definition) is 2. The highest BCUT2D eigenvalue weighted by molar-refractivity contribution is 5.97. The van der Waals surface area contributed by atoms with Gasteiger partial charge in [0.1, 0.15) is 0 Å². The number of amides is 2. The van der Waals surface area contributed by atoms with Gasteiger partial charge in [0.15, 0.2) is 0 Å². The quantitative estimate of drug-likeness (QED) is 0.866. The molecule has 0 bridgehead atoms. The van der Waals surface area contributed by atoms with Gasteiger partial charge in [0.2, 0.25) is 11.8 Å². The van der Waals surface area contributed by atoms with E-state index in [9.17, 15) is 9.59 Å². The summed E-state index contributed by atoms with van der Waals surface area (Å²) in [5.41, 5.74) is 2.11. The van der Waals surface area contributed by atoms with Crippen LogP contribution in [-0.2, 0) is 9.59 Å². The summed E-state index contributed by atoms with van der Waals surface area (Å²) < 4.78 is 0. The number of likely N-dealkylation sites (tertiary alicyclic amines) is 1. The monoisotopic (exact) mass is 342 g/mol. The number of nitrogens with one attached hydrogen (secondary N) is 1. The Bertz CT molecular complexity index is 605. The number of carbonyl (C=O) groups excluding carboxylic acids is 2. The van der Waals surface area contributed by atoms with E-state index in [1.54, 1.807) is 0 Å². The minimum Gasteiger partial charge on any atom is -0.339 e. The molecule has 2 amide bonds. The molecule has 0 aromatic heterocycles. The van der Waals surface area contributed by atoms with Crippen LogP contribution in [0.5, 0.6) is 0 Å². The number of nitrogens with zero attached hydrogens (tertiary/aromatic N) is 1. The lowest BCUT2D eigenvalue weighted by molar-refractivity contribution is -0.130. The van der Waals surface area contributed by atoms with E-state index in [1.807, 2.05) is 17.0 Å². The molecule has 3 rings (SSSR count). The summed E-state index contributed by atoms with van der Waals surface area (Å²) in [6.07, 6.45) is 7.32. The molecule has 0 spiro atoms. The highest BCUT2D eigenvalue weighted by atomic mass is 16.2. The molecule has 1 aliphatic carbocycles. The zero-order chi connectivity index (χ0) is 17.8. The van der Waals surface area contributed by atoms with E-state index in [-0.39, 0.29) is 17.7 Å². The van der Waals surface area contributed by atoms with Gasteiger partial charge in [-0.2, -0.15) is 0 Å². The molecule has 1 heterocycles. The van der Waals surface area contributed by atoms with Crippen LogP contribution < -0.4 is 5.32 Å². The van der Waals surface area contributed by atoms with Crippen LogP contribution in [0.1, 0.15) is 70.3 Å². The lowest BCUT2D eigenvalue weighted by Crippen LogP contribution is -2.38. The SMILES string of the molecule is CC[C@H](C)c1ccc(NC(=O)[C@H]2CC(=O)N(C3CCCCC3)C2)cc1. The summed E-state index contributed by atoms with van der Waals surface area (Å²) in [5.74, 6) is 0.437. The molecule has 1 saturated carbocycles. The van der Waals surface area contributed by atoms with Gasteiger partial charge in [-0.3, -0.25) is 9.59 Å². The van der Waals surface area contributed by atoms with Gasteiger partial charge in [0.05, 0.1) is 5.92 Å². The second-order valence-corrected chi connectivity index (χ2v) is 7.66. The van der Waals surface area contributed by atoms with E-state index in [0.29, 0.717) is 24.9 Å². The summed E-state index contributed by atoms with van der Waals surface area (Å²) in [6, 6.07) is 8.45. The Balaban J connectivity index is 1.57. The molecule has 2 aliphatic rings. The minimum absolute atomic E-state index is 0.0250. The van der Waals surface area contributed by atoms with Gasteiger partial charge < -0.3 is 10.2 Å². The second-order valence-electron chi connectivity index (χ2n) is 7.66. The van der Waals surface area contributed by atoms with Gasteiger partial charge in [-0.1, -0.05) is 45.2 Å². The van der Waals surface area contributed by atoms with E-state index >= 15 is 0 Å². The van der Waals surface area contributed by atoms with Gasteiger partial charge in [0.25, 0.3) is 0 Å². The van der Waals surface area contributed by atoms with E-state index in [0.717, 1.165) is 24.9 Å². The number of hydrogen-bond donors (Lipinski definition) is 1. The third kappa shape index (κ3) is 4.23. The highest BCUT2D eigenvalue weighted by Gasteiger charge is 2.38. The minimum atomic E-state index is -0.219. The first-order valence-corrected chi connectivity index (χ1v) is 9.78. The molecule has 4 nitrogen and oxygen atoms in total. The molecule has 0 unspecified atom stereocenters. The Morgan fingerprint density at radius 2 is 1.88 bits per heavy atom. The molecule has 0 radical (unpaired) electrons. The van der Waals surface area contributed by atoms with Crippen LogP contribution in [-0.4, -0.2) is 29.3 Å². The fourth-order valence-corrected chi connectivity index (χ4v) is 4.03. The first-order chi connectivity index (χ1) is 12.1. The highest BCUT2D eigenvalue weighted by Crippen LogP contribution is 2.29. The zero-order valence-electron chi connectivity index (χ0n) is 15.5. The largest absolute Gasteiger partial charge is 0.339 e. The fourth-order valence-electron chi connectivity index (χ4n) is 4.03. The fraction of sp³-hybridized carbons (Fsp3) is 0.619. The van der Waals surface area contributed by atoms with Crippen molar-refractivity contribution < 1.29 is 9.59 Å². The topological polar surface area (TPSA) is 49.4 Å². The van der Waals surface area contributed by atoms with Crippen LogP contribution in [0.25, 0.3) is 0 Å². The van der Waals surface area contributed by atoms with E-state index in [2.05, 4.69) is 31.3 Å². The Hall–Kier alpha value is -1.84. The average molecular weight is 342 g/mol. The Kier molecular flexibility index (Phi) is 5.77. The molecule has 2 fully saturated rings. The molecule has 2 atom stereocenters. The molecule has 4 heteroatoms. The first-order valence-electron chi connectivity index (χ1n) is 9.78. The smallest absolute Gasteiger partial charge is 0.229 e. The van der Waals surface area contributed by atoms with E-state index in [1.165, 1.54) is 24.8 Å². The Morgan fingerprint density at radius 1 is 1.20 bits per heavy atom. The van der Waals surface area contributed by atoms with Gasteiger partial charge in [-0.05, 0) is 42.9 Å². The molecule has 136 valence electrons. The van der Waals surface area contributed by atoms with Crippen molar-refractivity contribution in [1.82, 2.24) is 4.90 Å². The third-order valence-electron chi connectivity index (χ3n) is 5.90. The van der Waals surface area contributed by atoms with Crippen molar-refractivity contribution in [1.29, 1.82) is 0 Å². The van der Waals surface area contributed by atoms with E-state index in [4.69, 9.17) is 0 Å². The van der Waals surface area contributed by atoms with Gasteiger partial charge in [0, 0.05) is 24.7 Å². The lowest BCUT2D eigenvalue weighted by atomic mass is 9.94. The van der Waals surface area contributed by atoms with Crippen LogP contribution in [0.15, 0.2) is 24.3 Å². The number of benzene rings is 1. The Labute approximate surface area is 151 Å². The molecule has 1 N–H and O–H groups in total. The second kappa shape index (κ2) is 8.03. The molecule has 25 heavy (non-hydrogen) atoms. The van der Waals surface area contributed by atoms with Crippen molar-refractivity contribution in [3.8, 4) is 0 Å². The normalized spacial score (nSPS) is 22.9. The average Bonchev–Trinajstić information content (AvgIpc) is 3.04.